The molecule has 0 aliphatic heterocycles. The monoisotopic (exact) mass is 308 g/mol. The number of oxime groups is 1. The first kappa shape index (κ1) is 17.2. The summed E-state index contributed by atoms with van der Waals surface area (Å²) in [5.74, 6) is -0.0223. The molecule has 0 aromatic heterocycles. The zero-order chi connectivity index (χ0) is 15.7. The molecule has 5 nitrogen and oxygen atoms in total. The molecule has 0 fully saturated rings. The third-order valence-corrected chi connectivity index (χ3v) is 4.12. The van der Waals surface area contributed by atoms with Crippen molar-refractivity contribution in [2.75, 3.05) is 0 Å². The molecule has 0 spiro atoms. The average Bonchev–Trinajstić information content (AvgIpc) is 2.50. The maximum Gasteiger partial charge on any atom is 0.358 e. The van der Waals surface area contributed by atoms with Crippen LogP contribution in [0.15, 0.2) is 40.4 Å². The molecule has 1 rings (SSSR count). The normalized spacial score (nSPS) is 13.5. The van der Waals surface area contributed by atoms with Crippen LogP contribution in [0.1, 0.15) is 39.5 Å². The summed E-state index contributed by atoms with van der Waals surface area (Å²) in [6.07, 6.45) is 3.00. The maximum atomic E-state index is 11.9. The number of benzene rings is 1. The number of nitrogens with zero attached hydrogens (tertiary/aromatic N) is 2. The largest absolute Gasteiger partial charge is 0.358 e. The molecule has 21 heavy (non-hydrogen) atoms. The van der Waals surface area contributed by atoms with Gasteiger partial charge >= 0.3 is 10.1 Å². The molecule has 1 aromatic rings. The van der Waals surface area contributed by atoms with Crippen molar-refractivity contribution in [2.45, 2.75) is 44.4 Å². The second-order valence-electron chi connectivity index (χ2n) is 4.82. The van der Waals surface area contributed by atoms with Crippen LogP contribution in [-0.2, 0) is 14.4 Å². The van der Waals surface area contributed by atoms with Gasteiger partial charge in [0.25, 0.3) is 0 Å². The Balaban J connectivity index is 2.58. The summed E-state index contributed by atoms with van der Waals surface area (Å²) in [5.41, 5.74) is 0.561. The molecule has 0 saturated heterocycles. The van der Waals surface area contributed by atoms with Gasteiger partial charge in [0, 0.05) is 5.92 Å². The second-order valence-corrected chi connectivity index (χ2v) is 6.35. The van der Waals surface area contributed by atoms with Crippen molar-refractivity contribution in [2.24, 2.45) is 11.1 Å². The van der Waals surface area contributed by atoms with E-state index in [9.17, 15) is 8.42 Å². The van der Waals surface area contributed by atoms with Crippen molar-refractivity contribution in [3.8, 4) is 6.07 Å². The summed E-state index contributed by atoms with van der Waals surface area (Å²) >= 11 is 0. The van der Waals surface area contributed by atoms with E-state index in [0.717, 1.165) is 12.8 Å². The molecule has 0 aliphatic rings. The van der Waals surface area contributed by atoms with Gasteiger partial charge in [-0.1, -0.05) is 36.7 Å². The van der Waals surface area contributed by atoms with E-state index in [4.69, 9.17) is 5.26 Å². The zero-order valence-electron chi connectivity index (χ0n) is 12.3. The van der Waals surface area contributed by atoms with Crippen LogP contribution in [0.5, 0.6) is 0 Å². The molecule has 0 saturated carbocycles. The fourth-order valence-corrected chi connectivity index (χ4v) is 2.60. The third-order valence-electron chi connectivity index (χ3n) is 3.00. The van der Waals surface area contributed by atoms with Gasteiger partial charge in [0.2, 0.25) is 0 Å². The van der Waals surface area contributed by atoms with Crippen LogP contribution in [0.2, 0.25) is 0 Å². The van der Waals surface area contributed by atoms with E-state index in [1.54, 1.807) is 25.1 Å². The lowest BCUT2D eigenvalue weighted by Crippen LogP contribution is -2.05. The Kier molecular flexibility index (Phi) is 6.89. The van der Waals surface area contributed by atoms with Crippen LogP contribution in [0, 0.1) is 17.2 Å². The summed E-state index contributed by atoms with van der Waals surface area (Å²) in [4.78, 5) is 0.0717. The van der Waals surface area contributed by atoms with Crippen LogP contribution < -0.4 is 0 Å². The quantitative estimate of drug-likeness (QED) is 0.544. The van der Waals surface area contributed by atoms with Crippen molar-refractivity contribution in [1.29, 1.82) is 5.26 Å². The molecule has 0 bridgehead atoms. The third kappa shape index (κ3) is 5.96. The highest BCUT2D eigenvalue weighted by Gasteiger charge is 2.15. The minimum Gasteiger partial charge on any atom is -0.265 e. The standard InChI is InChI=1S/C15H20N2O3S/c1-3-7-14(12-16)11-10-13(2)17-20-21(18,19)15-8-5-4-6-9-15/h4-6,8-9,14H,3,7,10-11H2,1-2H3. The fraction of sp³-hybridized carbons (Fsp3) is 0.467. The molecule has 1 aromatic carbocycles. The Morgan fingerprint density at radius 2 is 2.00 bits per heavy atom. The molecule has 0 amide bonds. The van der Waals surface area contributed by atoms with E-state index in [1.807, 2.05) is 6.92 Å². The maximum absolute atomic E-state index is 11.9. The fourth-order valence-electron chi connectivity index (χ4n) is 1.79. The summed E-state index contributed by atoms with van der Waals surface area (Å²) < 4.78 is 28.4. The first-order valence-corrected chi connectivity index (χ1v) is 8.32. The number of nitriles is 1. The van der Waals surface area contributed by atoms with Crippen LogP contribution in [0.25, 0.3) is 0 Å². The number of rotatable bonds is 8. The van der Waals surface area contributed by atoms with E-state index >= 15 is 0 Å². The van der Waals surface area contributed by atoms with Gasteiger partial charge in [-0.05, 0) is 38.3 Å². The predicted molar refractivity (Wildman–Crippen MR) is 81.1 cm³/mol. The average molecular weight is 308 g/mol. The van der Waals surface area contributed by atoms with Crippen LogP contribution in [0.4, 0.5) is 0 Å². The first-order valence-electron chi connectivity index (χ1n) is 6.91. The molecule has 0 heterocycles. The lowest BCUT2D eigenvalue weighted by Gasteiger charge is -2.07. The smallest absolute Gasteiger partial charge is 0.265 e. The molecule has 6 heteroatoms. The van der Waals surface area contributed by atoms with E-state index in [0.29, 0.717) is 18.6 Å². The lowest BCUT2D eigenvalue weighted by molar-refractivity contribution is 0.336. The van der Waals surface area contributed by atoms with E-state index < -0.39 is 10.1 Å². The highest BCUT2D eigenvalue weighted by atomic mass is 32.2. The Morgan fingerprint density at radius 3 is 2.57 bits per heavy atom. The van der Waals surface area contributed by atoms with Gasteiger partial charge in [-0.15, -0.1) is 0 Å². The van der Waals surface area contributed by atoms with Crippen molar-refractivity contribution < 1.29 is 12.7 Å². The summed E-state index contributed by atoms with van der Waals surface area (Å²) in [7, 11) is -3.86. The summed E-state index contributed by atoms with van der Waals surface area (Å²) in [6.45, 7) is 3.72. The van der Waals surface area contributed by atoms with Crippen LogP contribution >= 0.6 is 0 Å². The zero-order valence-corrected chi connectivity index (χ0v) is 13.1. The highest BCUT2D eigenvalue weighted by molar-refractivity contribution is 7.86. The SMILES string of the molecule is CCCC(C#N)CCC(C)=NOS(=O)(=O)c1ccccc1. The Labute approximate surface area is 126 Å². The Morgan fingerprint density at radius 1 is 1.33 bits per heavy atom. The van der Waals surface area contributed by atoms with Gasteiger partial charge in [0.15, 0.2) is 0 Å². The summed E-state index contributed by atoms with van der Waals surface area (Å²) in [6, 6.07) is 10.1. The highest BCUT2D eigenvalue weighted by Crippen LogP contribution is 2.14. The van der Waals surface area contributed by atoms with Crippen molar-refractivity contribution in [1.82, 2.24) is 0 Å². The van der Waals surface area contributed by atoms with Gasteiger partial charge < -0.3 is 0 Å². The van der Waals surface area contributed by atoms with E-state index in [1.165, 1.54) is 12.1 Å². The predicted octanol–water partition coefficient (Wildman–Crippen LogP) is 3.49. The van der Waals surface area contributed by atoms with Crippen LogP contribution in [-0.4, -0.2) is 14.1 Å². The first-order chi connectivity index (χ1) is 9.99. The second kappa shape index (κ2) is 8.42. The van der Waals surface area contributed by atoms with Crippen molar-refractivity contribution in [3.05, 3.63) is 30.3 Å². The van der Waals surface area contributed by atoms with E-state index in [2.05, 4.69) is 15.5 Å². The van der Waals surface area contributed by atoms with Gasteiger partial charge in [-0.3, -0.25) is 4.28 Å². The topological polar surface area (TPSA) is 79.5 Å². The van der Waals surface area contributed by atoms with E-state index in [-0.39, 0.29) is 10.8 Å². The lowest BCUT2D eigenvalue weighted by atomic mass is 9.98. The molecular weight excluding hydrogens is 288 g/mol. The van der Waals surface area contributed by atoms with Gasteiger partial charge in [0.1, 0.15) is 4.90 Å². The minimum absolute atomic E-state index is 0.0223. The van der Waals surface area contributed by atoms with Gasteiger partial charge in [-0.25, -0.2) is 0 Å². The van der Waals surface area contributed by atoms with Gasteiger partial charge in [-0.2, -0.15) is 13.7 Å². The number of hydrogen-bond donors (Lipinski definition) is 0. The molecule has 114 valence electrons. The molecular formula is C15H20N2O3S. The van der Waals surface area contributed by atoms with Crippen molar-refractivity contribution >= 4 is 15.8 Å². The van der Waals surface area contributed by atoms with Crippen LogP contribution in [0.3, 0.4) is 0 Å². The van der Waals surface area contributed by atoms with Crippen molar-refractivity contribution in [3.63, 3.8) is 0 Å². The molecule has 0 radical (unpaired) electrons. The Bertz CT molecular complexity index is 604. The Hall–Kier alpha value is -1.87. The molecule has 0 aliphatic carbocycles. The molecule has 1 unspecified atom stereocenters. The number of hydrogen-bond acceptors (Lipinski definition) is 5. The molecule has 0 N–H and O–H groups in total. The summed E-state index contributed by atoms with van der Waals surface area (Å²) in [5, 5.41) is 12.6. The molecule has 1 atom stereocenters. The van der Waals surface area contributed by atoms with Gasteiger partial charge in [0.05, 0.1) is 11.8 Å². The minimum atomic E-state index is -3.86.